The van der Waals surface area contributed by atoms with Gasteiger partial charge >= 0.3 is 5.97 Å². The van der Waals surface area contributed by atoms with Crippen LogP contribution in [0.15, 0.2) is 45.9 Å². The highest BCUT2D eigenvalue weighted by atomic mass is 32.2. The number of rotatable bonds is 5. The summed E-state index contributed by atoms with van der Waals surface area (Å²) in [7, 11) is 0. The molecule has 0 saturated carbocycles. The first-order valence-corrected chi connectivity index (χ1v) is 9.52. The van der Waals surface area contributed by atoms with Crippen LogP contribution in [0.1, 0.15) is 33.4 Å². The van der Waals surface area contributed by atoms with Gasteiger partial charge in [-0.15, -0.1) is 11.8 Å². The largest absolute Gasteiger partial charge is 0.478 e. The lowest BCUT2D eigenvalue weighted by Gasteiger charge is -2.34. The second-order valence-electron chi connectivity index (χ2n) is 6.15. The van der Waals surface area contributed by atoms with E-state index in [2.05, 4.69) is 0 Å². The minimum absolute atomic E-state index is 0.0192. The van der Waals surface area contributed by atoms with Crippen molar-refractivity contribution in [3.63, 3.8) is 0 Å². The van der Waals surface area contributed by atoms with Crippen LogP contribution < -0.4 is 0 Å². The number of benzene rings is 1. The van der Waals surface area contributed by atoms with E-state index in [-0.39, 0.29) is 17.4 Å². The topological polar surface area (TPSA) is 91.1 Å². The van der Waals surface area contributed by atoms with E-state index in [1.807, 2.05) is 12.1 Å². The van der Waals surface area contributed by atoms with E-state index >= 15 is 0 Å². The van der Waals surface area contributed by atoms with Crippen LogP contribution in [0.2, 0.25) is 0 Å². The first-order chi connectivity index (χ1) is 13.0. The molecule has 2 amide bonds. The molecule has 0 spiro atoms. The fourth-order valence-corrected chi connectivity index (χ4v) is 3.95. The lowest BCUT2D eigenvalue weighted by Crippen LogP contribution is -2.50. The molecule has 0 bridgehead atoms. The Labute approximate surface area is 160 Å². The summed E-state index contributed by atoms with van der Waals surface area (Å²) >= 11 is 1.37. The van der Waals surface area contributed by atoms with Gasteiger partial charge in [0.15, 0.2) is 0 Å². The highest BCUT2D eigenvalue weighted by Crippen LogP contribution is 2.29. The van der Waals surface area contributed by atoms with E-state index in [4.69, 9.17) is 9.52 Å². The Morgan fingerprint density at radius 1 is 1.04 bits per heavy atom. The maximum Gasteiger partial charge on any atom is 0.339 e. The predicted molar refractivity (Wildman–Crippen MR) is 99.8 cm³/mol. The normalized spacial score (nSPS) is 14.3. The first-order valence-electron chi connectivity index (χ1n) is 8.53. The van der Waals surface area contributed by atoms with Gasteiger partial charge in [-0.3, -0.25) is 9.59 Å². The summed E-state index contributed by atoms with van der Waals surface area (Å²) in [6, 6.07) is 8.67. The molecule has 1 aliphatic heterocycles. The van der Waals surface area contributed by atoms with E-state index in [9.17, 15) is 14.4 Å². The molecule has 1 aromatic heterocycles. The maximum atomic E-state index is 12.9. The summed E-state index contributed by atoms with van der Waals surface area (Å²) in [4.78, 5) is 39.8. The highest BCUT2D eigenvalue weighted by Gasteiger charge is 2.25. The van der Waals surface area contributed by atoms with E-state index < -0.39 is 5.97 Å². The van der Waals surface area contributed by atoms with E-state index in [0.29, 0.717) is 43.3 Å². The van der Waals surface area contributed by atoms with Crippen molar-refractivity contribution in [2.45, 2.75) is 17.6 Å². The van der Waals surface area contributed by atoms with Crippen LogP contribution in [0.5, 0.6) is 0 Å². The molecule has 8 heteroatoms. The Hall–Kier alpha value is -2.74. The summed E-state index contributed by atoms with van der Waals surface area (Å²) in [6.45, 7) is 3.59. The van der Waals surface area contributed by atoms with E-state index in [1.165, 1.54) is 31.0 Å². The number of amides is 2. The lowest BCUT2D eigenvalue weighted by molar-refractivity contribution is -0.130. The number of carbonyl (C=O) groups excluding carboxylic acids is 2. The number of hydrogen-bond acceptors (Lipinski definition) is 5. The minimum atomic E-state index is -1.04. The molecule has 0 unspecified atom stereocenters. The number of carboxylic acids is 1. The van der Waals surface area contributed by atoms with Gasteiger partial charge < -0.3 is 19.3 Å². The number of carboxylic acid groups (broad SMARTS) is 1. The SMILES string of the molecule is CC(=O)N1CCN(C(=O)c2ccccc2SCc2occc2C(=O)O)CC1. The molecule has 1 saturated heterocycles. The molecular weight excluding hydrogens is 368 g/mol. The average molecular weight is 388 g/mol. The molecule has 0 radical (unpaired) electrons. The molecule has 1 fully saturated rings. The molecule has 0 aliphatic carbocycles. The number of piperazine rings is 1. The van der Waals surface area contributed by atoms with Crippen LogP contribution in [0, 0.1) is 0 Å². The molecule has 2 heterocycles. The predicted octanol–water partition coefficient (Wildman–Crippen LogP) is 2.57. The van der Waals surface area contributed by atoms with Crippen molar-refractivity contribution >= 4 is 29.5 Å². The molecule has 1 aromatic carbocycles. The van der Waals surface area contributed by atoms with Crippen molar-refractivity contribution in [2.75, 3.05) is 26.2 Å². The standard InChI is InChI=1S/C19H20N2O5S/c1-13(22)20-7-9-21(10-8-20)18(23)15-4-2-3-5-17(15)27-12-16-14(19(24)25)6-11-26-16/h2-6,11H,7-10,12H2,1H3,(H,24,25). The average Bonchev–Trinajstić information content (AvgIpc) is 3.15. The quantitative estimate of drug-likeness (QED) is 0.792. The van der Waals surface area contributed by atoms with Crippen LogP contribution >= 0.6 is 11.8 Å². The molecule has 0 atom stereocenters. The van der Waals surface area contributed by atoms with Gasteiger partial charge in [-0.1, -0.05) is 12.1 Å². The zero-order valence-corrected chi connectivity index (χ0v) is 15.7. The number of aromatic carboxylic acids is 1. The number of furan rings is 1. The molecule has 27 heavy (non-hydrogen) atoms. The van der Waals surface area contributed by atoms with E-state index in [1.54, 1.807) is 21.9 Å². The zero-order chi connectivity index (χ0) is 19.4. The second-order valence-corrected chi connectivity index (χ2v) is 7.16. The van der Waals surface area contributed by atoms with Gasteiger partial charge in [0.05, 0.1) is 17.6 Å². The fourth-order valence-electron chi connectivity index (χ4n) is 2.95. The van der Waals surface area contributed by atoms with Crippen molar-refractivity contribution < 1.29 is 23.9 Å². The zero-order valence-electron chi connectivity index (χ0n) is 14.9. The third kappa shape index (κ3) is 4.33. The summed E-state index contributed by atoms with van der Waals surface area (Å²) in [5.41, 5.74) is 0.703. The minimum Gasteiger partial charge on any atom is -0.478 e. The first kappa shape index (κ1) is 19.0. The van der Waals surface area contributed by atoms with Gasteiger partial charge in [-0.25, -0.2) is 4.79 Å². The van der Waals surface area contributed by atoms with Crippen molar-refractivity contribution in [2.24, 2.45) is 0 Å². The monoisotopic (exact) mass is 388 g/mol. The highest BCUT2D eigenvalue weighted by molar-refractivity contribution is 7.98. The van der Waals surface area contributed by atoms with Crippen LogP contribution in [-0.4, -0.2) is 58.9 Å². The summed E-state index contributed by atoms with van der Waals surface area (Å²) in [5, 5.41) is 9.17. The van der Waals surface area contributed by atoms with Gasteiger partial charge in [-0.05, 0) is 18.2 Å². The number of carbonyl (C=O) groups is 3. The number of hydrogen-bond donors (Lipinski definition) is 1. The van der Waals surface area contributed by atoms with Gasteiger partial charge in [0.1, 0.15) is 11.3 Å². The Morgan fingerprint density at radius 2 is 1.70 bits per heavy atom. The Morgan fingerprint density at radius 3 is 2.37 bits per heavy atom. The van der Waals surface area contributed by atoms with Crippen molar-refractivity contribution in [3.8, 4) is 0 Å². The van der Waals surface area contributed by atoms with Gasteiger partial charge in [0.25, 0.3) is 5.91 Å². The lowest BCUT2D eigenvalue weighted by atomic mass is 10.2. The summed E-state index contributed by atoms with van der Waals surface area (Å²) in [5.74, 6) is -0.418. The number of nitrogens with zero attached hydrogens (tertiary/aromatic N) is 2. The van der Waals surface area contributed by atoms with Crippen LogP contribution in [0.25, 0.3) is 0 Å². The van der Waals surface area contributed by atoms with Crippen LogP contribution in [0.4, 0.5) is 0 Å². The fraction of sp³-hybridized carbons (Fsp3) is 0.316. The van der Waals surface area contributed by atoms with Crippen molar-refractivity contribution in [3.05, 3.63) is 53.5 Å². The Kier molecular flexibility index (Phi) is 5.85. The van der Waals surface area contributed by atoms with Crippen LogP contribution in [-0.2, 0) is 10.5 Å². The molecule has 1 N–H and O–H groups in total. The van der Waals surface area contributed by atoms with Gasteiger partial charge in [-0.2, -0.15) is 0 Å². The van der Waals surface area contributed by atoms with Crippen molar-refractivity contribution in [1.29, 1.82) is 0 Å². The summed E-state index contributed by atoms with van der Waals surface area (Å²) in [6.07, 6.45) is 1.35. The summed E-state index contributed by atoms with van der Waals surface area (Å²) < 4.78 is 5.26. The second kappa shape index (κ2) is 8.30. The smallest absolute Gasteiger partial charge is 0.339 e. The third-order valence-corrected chi connectivity index (χ3v) is 5.54. The molecule has 1 aliphatic rings. The molecule has 7 nitrogen and oxygen atoms in total. The van der Waals surface area contributed by atoms with Gasteiger partial charge in [0, 0.05) is 38.0 Å². The van der Waals surface area contributed by atoms with Crippen LogP contribution in [0.3, 0.4) is 0 Å². The molecule has 2 aromatic rings. The Bertz CT molecular complexity index is 855. The molecular formula is C19H20N2O5S. The number of thioether (sulfide) groups is 1. The Balaban J connectivity index is 1.70. The van der Waals surface area contributed by atoms with Crippen molar-refractivity contribution in [1.82, 2.24) is 9.80 Å². The molecule has 3 rings (SSSR count). The third-order valence-electron chi connectivity index (χ3n) is 4.46. The van der Waals surface area contributed by atoms with E-state index in [0.717, 1.165) is 4.90 Å². The molecule has 142 valence electrons. The van der Waals surface area contributed by atoms with Gasteiger partial charge in [0.2, 0.25) is 5.91 Å². The maximum absolute atomic E-state index is 12.9.